The van der Waals surface area contributed by atoms with Crippen molar-refractivity contribution in [2.24, 2.45) is 0 Å². The number of sulfone groups is 1. The Balaban J connectivity index is 2.32. The van der Waals surface area contributed by atoms with E-state index in [4.69, 9.17) is 5.11 Å². The van der Waals surface area contributed by atoms with Crippen LogP contribution in [0.2, 0.25) is 0 Å². The Morgan fingerprint density at radius 1 is 0.952 bits per heavy atom. The summed E-state index contributed by atoms with van der Waals surface area (Å²) >= 11 is 4.62. The highest BCUT2D eigenvalue weighted by Gasteiger charge is 2.17. The van der Waals surface area contributed by atoms with Crippen LogP contribution in [0.25, 0.3) is 0 Å². The van der Waals surface area contributed by atoms with Crippen LogP contribution in [0.3, 0.4) is 0 Å². The average Bonchev–Trinajstić information content (AvgIpc) is 2.47. The van der Waals surface area contributed by atoms with Crippen molar-refractivity contribution in [1.82, 2.24) is 0 Å². The van der Waals surface area contributed by atoms with Gasteiger partial charge in [0.15, 0.2) is 5.05 Å². The van der Waals surface area contributed by atoms with Crippen LogP contribution in [0.15, 0.2) is 58.3 Å². The van der Waals surface area contributed by atoms with Crippen LogP contribution < -0.4 is 0 Å². The molecule has 0 aliphatic rings. The Kier molecular flexibility index (Phi) is 4.75. The summed E-state index contributed by atoms with van der Waals surface area (Å²) in [5.41, 5.74) is 1.88. The summed E-state index contributed by atoms with van der Waals surface area (Å²) in [4.78, 5) is 0.518. The first-order valence-corrected chi connectivity index (χ1v) is 8.47. The molecule has 0 saturated heterocycles. The molecule has 0 aliphatic carbocycles. The summed E-state index contributed by atoms with van der Waals surface area (Å²) in [5, 5.41) is 8.97. The van der Waals surface area contributed by atoms with Crippen LogP contribution in [0.1, 0.15) is 18.1 Å². The van der Waals surface area contributed by atoms with E-state index in [9.17, 15) is 8.42 Å². The van der Waals surface area contributed by atoms with E-state index >= 15 is 0 Å². The summed E-state index contributed by atoms with van der Waals surface area (Å²) in [5.74, 6) is 0. The Morgan fingerprint density at radius 2 is 1.38 bits per heavy atom. The van der Waals surface area contributed by atoms with E-state index in [1.165, 1.54) is 12.1 Å². The van der Waals surface area contributed by atoms with Gasteiger partial charge >= 0.3 is 0 Å². The largest absolute Gasteiger partial charge is 0.502 e. The third kappa shape index (κ3) is 3.68. The summed E-state index contributed by atoms with van der Waals surface area (Å²) in [7, 11) is -3.50. The van der Waals surface area contributed by atoms with Gasteiger partial charge in [-0.05, 0) is 54.0 Å². The van der Waals surface area contributed by atoms with Crippen molar-refractivity contribution in [2.75, 3.05) is 0 Å². The van der Waals surface area contributed by atoms with Crippen LogP contribution in [0, 0.1) is 0 Å². The highest BCUT2D eigenvalue weighted by atomic mass is 32.2. The molecule has 1 N–H and O–H groups in total. The van der Waals surface area contributed by atoms with Gasteiger partial charge in [0, 0.05) is 6.42 Å². The van der Waals surface area contributed by atoms with Crippen LogP contribution in [0.5, 0.6) is 0 Å². The Hall–Kier alpha value is -1.72. The SMILES string of the molecule is CCc1ccc(S(=O)(=O)c2ccc(CC(O)=S)cc2)cc1. The molecule has 2 rings (SSSR count). The fourth-order valence-electron chi connectivity index (χ4n) is 2.00. The molecule has 0 bridgehead atoms. The average molecular weight is 320 g/mol. The van der Waals surface area contributed by atoms with Crippen LogP contribution >= 0.6 is 12.2 Å². The molecule has 0 unspecified atom stereocenters. The molecular weight excluding hydrogens is 304 g/mol. The molecule has 0 spiro atoms. The number of rotatable bonds is 5. The second-order valence-corrected chi connectivity index (χ2v) is 7.14. The highest BCUT2D eigenvalue weighted by Crippen LogP contribution is 2.21. The first kappa shape index (κ1) is 15.7. The van der Waals surface area contributed by atoms with Crippen LogP contribution in [-0.2, 0) is 22.7 Å². The fourth-order valence-corrected chi connectivity index (χ4v) is 3.43. The zero-order valence-electron chi connectivity index (χ0n) is 11.6. The van der Waals surface area contributed by atoms with Crippen molar-refractivity contribution >= 4 is 27.1 Å². The summed E-state index contributed by atoms with van der Waals surface area (Å²) < 4.78 is 25.0. The number of benzene rings is 2. The predicted molar refractivity (Wildman–Crippen MR) is 86.6 cm³/mol. The maximum atomic E-state index is 12.5. The molecule has 0 radical (unpaired) electrons. The van der Waals surface area contributed by atoms with E-state index in [1.807, 2.05) is 19.1 Å². The van der Waals surface area contributed by atoms with Crippen LogP contribution in [0.4, 0.5) is 0 Å². The Labute approximate surface area is 130 Å². The molecule has 0 fully saturated rings. The predicted octanol–water partition coefficient (Wildman–Crippen LogP) is 3.51. The van der Waals surface area contributed by atoms with E-state index in [2.05, 4.69) is 12.2 Å². The topological polar surface area (TPSA) is 54.4 Å². The third-order valence-corrected chi connectivity index (χ3v) is 5.16. The number of hydrogen-bond acceptors (Lipinski definition) is 3. The van der Waals surface area contributed by atoms with Crippen molar-refractivity contribution < 1.29 is 13.5 Å². The number of aliphatic hydroxyl groups is 1. The Morgan fingerprint density at radius 3 is 1.76 bits per heavy atom. The van der Waals surface area contributed by atoms with Crippen molar-refractivity contribution in [2.45, 2.75) is 29.6 Å². The lowest BCUT2D eigenvalue weighted by molar-refractivity contribution is 0.555. The quantitative estimate of drug-likeness (QED) is 0.857. The number of thiocarbonyl (C=S) groups is 1. The lowest BCUT2D eigenvalue weighted by atomic mass is 10.2. The minimum atomic E-state index is -3.50. The molecular formula is C16H16O3S2. The smallest absolute Gasteiger partial charge is 0.206 e. The van der Waals surface area contributed by atoms with Crippen molar-refractivity contribution in [1.29, 1.82) is 0 Å². The molecule has 21 heavy (non-hydrogen) atoms. The summed E-state index contributed by atoms with van der Waals surface area (Å²) in [6.45, 7) is 2.02. The van der Waals surface area contributed by atoms with Gasteiger partial charge in [-0.2, -0.15) is 0 Å². The van der Waals surface area contributed by atoms with Gasteiger partial charge in [0.1, 0.15) is 0 Å². The molecule has 0 aromatic heterocycles. The van der Waals surface area contributed by atoms with Gasteiger partial charge < -0.3 is 5.11 Å². The second kappa shape index (κ2) is 6.37. The van der Waals surface area contributed by atoms with E-state index in [-0.39, 0.29) is 21.3 Å². The first-order valence-electron chi connectivity index (χ1n) is 6.58. The van der Waals surface area contributed by atoms with Gasteiger partial charge in [-0.25, -0.2) is 8.42 Å². The molecule has 0 heterocycles. The van der Waals surface area contributed by atoms with Crippen molar-refractivity contribution in [3.63, 3.8) is 0 Å². The monoisotopic (exact) mass is 320 g/mol. The summed E-state index contributed by atoms with van der Waals surface area (Å²) in [6, 6.07) is 13.3. The number of hydrogen-bond donors (Lipinski definition) is 1. The van der Waals surface area contributed by atoms with Crippen molar-refractivity contribution in [3.05, 3.63) is 59.7 Å². The molecule has 0 atom stereocenters. The first-order chi connectivity index (χ1) is 9.93. The van der Waals surface area contributed by atoms with Gasteiger partial charge in [0.05, 0.1) is 9.79 Å². The minimum Gasteiger partial charge on any atom is -0.502 e. The minimum absolute atomic E-state index is 0.110. The molecule has 5 heteroatoms. The standard InChI is InChI=1S/C16H16O3S2/c1-2-12-3-7-14(8-4-12)21(18,19)15-9-5-13(6-10-15)11-16(17)20/h3-10H,2,11H2,1H3,(H,17,20). The molecule has 0 saturated carbocycles. The van der Waals surface area contributed by atoms with Gasteiger partial charge in [-0.1, -0.05) is 31.2 Å². The molecule has 0 amide bonds. The molecule has 110 valence electrons. The normalized spacial score (nSPS) is 11.3. The lowest BCUT2D eigenvalue weighted by Gasteiger charge is -2.06. The highest BCUT2D eigenvalue weighted by molar-refractivity contribution is 7.91. The molecule has 3 nitrogen and oxygen atoms in total. The third-order valence-electron chi connectivity index (χ3n) is 3.23. The van der Waals surface area contributed by atoms with Gasteiger partial charge in [-0.15, -0.1) is 0 Å². The summed E-state index contributed by atoms with van der Waals surface area (Å²) in [6.07, 6.45) is 1.12. The van der Waals surface area contributed by atoms with Gasteiger partial charge in [0.25, 0.3) is 0 Å². The van der Waals surface area contributed by atoms with Crippen LogP contribution in [-0.4, -0.2) is 18.6 Å². The zero-order valence-corrected chi connectivity index (χ0v) is 13.2. The molecule has 2 aromatic rings. The van der Waals surface area contributed by atoms with Gasteiger partial charge in [-0.3, -0.25) is 0 Å². The fraction of sp³-hybridized carbons (Fsp3) is 0.188. The van der Waals surface area contributed by atoms with E-state index < -0.39 is 9.84 Å². The number of aliphatic hydroxyl groups excluding tert-OH is 1. The van der Waals surface area contributed by atoms with Gasteiger partial charge in [0.2, 0.25) is 9.84 Å². The molecule has 2 aromatic carbocycles. The van der Waals surface area contributed by atoms with E-state index in [0.29, 0.717) is 0 Å². The van der Waals surface area contributed by atoms with Crippen molar-refractivity contribution in [3.8, 4) is 0 Å². The Bertz CT molecular complexity index is 730. The second-order valence-electron chi connectivity index (χ2n) is 4.72. The number of aryl methyl sites for hydroxylation is 1. The van der Waals surface area contributed by atoms with E-state index in [1.54, 1.807) is 24.3 Å². The maximum Gasteiger partial charge on any atom is 0.206 e. The maximum absolute atomic E-state index is 12.5. The molecule has 0 aliphatic heterocycles. The lowest BCUT2D eigenvalue weighted by Crippen LogP contribution is -2.03. The zero-order chi connectivity index (χ0) is 15.5. The van der Waals surface area contributed by atoms with E-state index in [0.717, 1.165) is 17.5 Å².